The molecule has 2 atom stereocenters. The number of likely N-dealkylation sites (N-methyl/N-ethyl adjacent to an activating group) is 1. The van der Waals surface area contributed by atoms with E-state index < -0.39 is 0 Å². The second-order valence-electron chi connectivity index (χ2n) is 6.71. The van der Waals surface area contributed by atoms with Crippen LogP contribution in [-0.4, -0.2) is 53.0 Å². The Morgan fingerprint density at radius 3 is 3.04 bits per heavy atom. The SMILES string of the molecule is CCOC(C)CN(CC)CC1C=C(Nc2nc3cccnc3s2)N=C(N)C1. The second kappa shape index (κ2) is 9.25. The summed E-state index contributed by atoms with van der Waals surface area (Å²) in [6.07, 6.45) is 4.93. The maximum atomic E-state index is 6.11. The minimum Gasteiger partial charge on any atom is -0.387 e. The van der Waals surface area contributed by atoms with Crippen molar-refractivity contribution in [3.05, 3.63) is 30.2 Å². The predicted molar refractivity (Wildman–Crippen MR) is 112 cm³/mol. The number of hydrogen-bond acceptors (Lipinski definition) is 8. The maximum Gasteiger partial charge on any atom is 0.190 e. The summed E-state index contributed by atoms with van der Waals surface area (Å²) in [4.78, 5) is 16.7. The summed E-state index contributed by atoms with van der Waals surface area (Å²) in [6.45, 7) is 9.89. The first-order chi connectivity index (χ1) is 13.1. The van der Waals surface area contributed by atoms with Crippen molar-refractivity contribution in [2.24, 2.45) is 16.6 Å². The Morgan fingerprint density at radius 1 is 1.44 bits per heavy atom. The van der Waals surface area contributed by atoms with Crippen molar-refractivity contribution < 1.29 is 4.74 Å². The third-order valence-electron chi connectivity index (χ3n) is 4.44. The molecule has 2 aromatic heterocycles. The zero-order valence-electron chi connectivity index (χ0n) is 16.2. The number of nitrogens with two attached hydrogens (primary N) is 1. The highest BCUT2D eigenvalue weighted by atomic mass is 32.1. The van der Waals surface area contributed by atoms with Crippen LogP contribution in [0.3, 0.4) is 0 Å². The topological polar surface area (TPSA) is 88.7 Å². The van der Waals surface area contributed by atoms with Crippen molar-refractivity contribution in [2.75, 3.05) is 31.6 Å². The smallest absolute Gasteiger partial charge is 0.190 e. The van der Waals surface area contributed by atoms with Crippen LogP contribution in [0.5, 0.6) is 0 Å². The number of rotatable bonds is 9. The first-order valence-corrected chi connectivity index (χ1v) is 10.3. The highest BCUT2D eigenvalue weighted by molar-refractivity contribution is 7.21. The number of hydrogen-bond donors (Lipinski definition) is 2. The van der Waals surface area contributed by atoms with E-state index in [2.05, 4.69) is 45.1 Å². The second-order valence-corrected chi connectivity index (χ2v) is 7.69. The predicted octanol–water partition coefficient (Wildman–Crippen LogP) is 3.07. The summed E-state index contributed by atoms with van der Waals surface area (Å²) in [5, 5.41) is 4.08. The van der Waals surface area contributed by atoms with Crippen LogP contribution in [0.4, 0.5) is 5.13 Å². The van der Waals surface area contributed by atoms with E-state index in [1.165, 1.54) is 11.3 Å². The minimum absolute atomic E-state index is 0.223. The van der Waals surface area contributed by atoms with E-state index in [0.29, 0.717) is 11.8 Å². The van der Waals surface area contributed by atoms with E-state index in [1.807, 2.05) is 19.1 Å². The van der Waals surface area contributed by atoms with Gasteiger partial charge in [0.05, 0.1) is 6.10 Å². The van der Waals surface area contributed by atoms with Crippen molar-refractivity contribution in [3.8, 4) is 0 Å². The van der Waals surface area contributed by atoms with Crippen molar-refractivity contribution >= 4 is 32.7 Å². The van der Waals surface area contributed by atoms with Crippen LogP contribution in [0.1, 0.15) is 27.2 Å². The van der Waals surface area contributed by atoms with Gasteiger partial charge in [0.25, 0.3) is 0 Å². The zero-order chi connectivity index (χ0) is 19.2. The highest BCUT2D eigenvalue weighted by Gasteiger charge is 2.20. The number of ether oxygens (including phenoxy) is 1. The molecule has 0 radical (unpaired) electrons. The lowest BCUT2D eigenvalue weighted by atomic mass is 10.0. The molecule has 0 aromatic carbocycles. The molecule has 27 heavy (non-hydrogen) atoms. The summed E-state index contributed by atoms with van der Waals surface area (Å²) in [5.41, 5.74) is 6.99. The van der Waals surface area contributed by atoms with Gasteiger partial charge in [0.15, 0.2) is 5.13 Å². The molecular formula is C19H28N6OS. The molecule has 3 N–H and O–H groups in total. The molecule has 0 fully saturated rings. The number of nitrogens with zero attached hydrogens (tertiary/aromatic N) is 4. The Labute approximate surface area is 164 Å². The van der Waals surface area contributed by atoms with Gasteiger partial charge in [-0.15, -0.1) is 0 Å². The Kier molecular flexibility index (Phi) is 6.76. The van der Waals surface area contributed by atoms with Gasteiger partial charge in [-0.2, -0.15) is 0 Å². The van der Waals surface area contributed by atoms with Crippen molar-refractivity contribution in [3.63, 3.8) is 0 Å². The molecule has 3 rings (SSSR count). The maximum absolute atomic E-state index is 6.11. The van der Waals surface area contributed by atoms with E-state index >= 15 is 0 Å². The van der Waals surface area contributed by atoms with E-state index in [4.69, 9.17) is 10.5 Å². The fourth-order valence-corrected chi connectivity index (χ4v) is 4.09. The van der Waals surface area contributed by atoms with Gasteiger partial charge in [0.2, 0.25) is 0 Å². The molecule has 146 valence electrons. The third kappa shape index (κ3) is 5.47. The van der Waals surface area contributed by atoms with Gasteiger partial charge in [-0.1, -0.05) is 18.3 Å². The first-order valence-electron chi connectivity index (χ1n) is 9.44. The average Bonchev–Trinajstić information content (AvgIpc) is 3.03. The molecule has 0 bridgehead atoms. The molecule has 1 aliphatic rings. The van der Waals surface area contributed by atoms with Crippen LogP contribution in [0.2, 0.25) is 0 Å². The van der Waals surface area contributed by atoms with E-state index in [-0.39, 0.29) is 6.10 Å². The number of pyridine rings is 1. The van der Waals surface area contributed by atoms with Crippen molar-refractivity contribution in [1.29, 1.82) is 0 Å². The molecule has 1 aliphatic heterocycles. The van der Waals surface area contributed by atoms with Gasteiger partial charge < -0.3 is 20.7 Å². The van der Waals surface area contributed by atoms with E-state index in [9.17, 15) is 0 Å². The van der Waals surface area contributed by atoms with Gasteiger partial charge in [-0.3, -0.25) is 0 Å². The van der Waals surface area contributed by atoms with Crippen LogP contribution >= 0.6 is 11.3 Å². The minimum atomic E-state index is 0.223. The van der Waals surface area contributed by atoms with Gasteiger partial charge in [-0.05, 0) is 38.6 Å². The lowest BCUT2D eigenvalue weighted by molar-refractivity contribution is 0.0446. The van der Waals surface area contributed by atoms with Crippen LogP contribution in [0.15, 0.2) is 35.2 Å². The Balaban J connectivity index is 1.66. The number of aromatic nitrogens is 2. The molecule has 0 saturated carbocycles. The quantitative estimate of drug-likeness (QED) is 0.686. The Hall–Kier alpha value is -2.03. The van der Waals surface area contributed by atoms with Gasteiger partial charge in [0, 0.05) is 38.2 Å². The fourth-order valence-electron chi connectivity index (χ4n) is 3.27. The molecular weight excluding hydrogens is 360 g/mol. The Bertz CT molecular complexity index is 784. The Morgan fingerprint density at radius 2 is 2.30 bits per heavy atom. The summed E-state index contributed by atoms with van der Waals surface area (Å²) in [7, 11) is 0. The molecule has 0 spiro atoms. The number of amidine groups is 1. The lowest BCUT2D eigenvalue weighted by Crippen LogP contribution is -2.37. The number of aliphatic imine (C=N–C) groups is 1. The van der Waals surface area contributed by atoms with Gasteiger partial charge >= 0.3 is 0 Å². The van der Waals surface area contributed by atoms with Crippen LogP contribution in [0, 0.1) is 5.92 Å². The first kappa shape index (κ1) is 19.7. The lowest BCUT2D eigenvalue weighted by Gasteiger charge is -2.28. The largest absolute Gasteiger partial charge is 0.387 e. The van der Waals surface area contributed by atoms with Crippen molar-refractivity contribution in [1.82, 2.24) is 14.9 Å². The van der Waals surface area contributed by atoms with Gasteiger partial charge in [0.1, 0.15) is 22.0 Å². The monoisotopic (exact) mass is 388 g/mol. The third-order valence-corrected chi connectivity index (χ3v) is 5.33. The molecule has 0 amide bonds. The average molecular weight is 389 g/mol. The van der Waals surface area contributed by atoms with E-state index in [0.717, 1.165) is 54.0 Å². The van der Waals surface area contributed by atoms with Crippen molar-refractivity contribution in [2.45, 2.75) is 33.3 Å². The number of nitrogens with one attached hydrogen (secondary N) is 1. The number of thiazole rings is 1. The number of anilines is 1. The zero-order valence-corrected chi connectivity index (χ0v) is 17.0. The standard InChI is InChI=1S/C19H28N6OS/c1-4-25(11-13(3)26-5-2)12-14-9-16(20)23-17(10-14)24-19-22-15-7-6-8-21-18(15)27-19/h6-8,10,13-14H,4-5,9,11-12H2,1-3H3,(H2,20,23)(H,22,24). The molecule has 7 nitrogen and oxygen atoms in total. The molecule has 2 unspecified atom stereocenters. The van der Waals surface area contributed by atoms with Crippen LogP contribution in [-0.2, 0) is 4.74 Å². The molecule has 8 heteroatoms. The molecule has 0 saturated heterocycles. The summed E-state index contributed by atoms with van der Waals surface area (Å²) in [5.74, 6) is 1.72. The fraction of sp³-hybridized carbons (Fsp3) is 0.526. The summed E-state index contributed by atoms with van der Waals surface area (Å²) >= 11 is 1.51. The molecule has 0 aliphatic carbocycles. The summed E-state index contributed by atoms with van der Waals surface area (Å²) < 4.78 is 5.68. The van der Waals surface area contributed by atoms with Crippen LogP contribution < -0.4 is 11.1 Å². The summed E-state index contributed by atoms with van der Waals surface area (Å²) in [6, 6.07) is 3.85. The van der Waals surface area contributed by atoms with Gasteiger partial charge in [-0.25, -0.2) is 15.0 Å². The molecule has 3 heterocycles. The highest BCUT2D eigenvalue weighted by Crippen LogP contribution is 2.26. The normalized spacial score (nSPS) is 18.4. The molecule has 2 aromatic rings. The van der Waals surface area contributed by atoms with E-state index in [1.54, 1.807) is 6.20 Å². The van der Waals surface area contributed by atoms with Crippen LogP contribution in [0.25, 0.3) is 10.3 Å². The number of fused-ring (bicyclic) bond motifs is 1.